The van der Waals surface area contributed by atoms with Gasteiger partial charge in [0.2, 0.25) is 11.8 Å². The van der Waals surface area contributed by atoms with Gasteiger partial charge < -0.3 is 9.73 Å². The van der Waals surface area contributed by atoms with Gasteiger partial charge in [0.05, 0.1) is 28.9 Å². The quantitative estimate of drug-likeness (QED) is 0.290. The Morgan fingerprint density at radius 3 is 2.55 bits per heavy atom. The van der Waals surface area contributed by atoms with E-state index in [9.17, 15) is 10.1 Å². The molecule has 1 N–H and O–H groups in total. The Balaban J connectivity index is 1.34. The molecule has 0 atom stereocenters. The SMILES string of the molecule is O=[N+]([O-])c1cccc(-n2cc(CNc3ccccc3-c3nnc(-c4ccccc4)o3)nn2)c1. The molecule has 0 saturated carbocycles. The Bertz CT molecular complexity index is 1410. The van der Waals surface area contributed by atoms with Gasteiger partial charge in [-0.1, -0.05) is 41.6 Å². The maximum Gasteiger partial charge on any atom is 0.271 e. The van der Waals surface area contributed by atoms with Crippen LogP contribution in [0, 0.1) is 10.1 Å². The standard InChI is InChI=1S/C23H17N7O3/c31-30(32)19-10-6-9-18(13-19)29-15-17(25-28-29)14-24-21-12-5-4-11-20(21)23-27-26-22(33-23)16-7-2-1-3-8-16/h1-13,15,24H,14H2. The topological polar surface area (TPSA) is 125 Å². The Labute approximate surface area is 187 Å². The molecule has 0 aliphatic rings. The highest BCUT2D eigenvalue weighted by molar-refractivity contribution is 5.73. The summed E-state index contributed by atoms with van der Waals surface area (Å²) in [5.74, 6) is 0.845. The van der Waals surface area contributed by atoms with Crippen LogP contribution in [0.2, 0.25) is 0 Å². The number of nitrogens with one attached hydrogen (secondary N) is 1. The smallest absolute Gasteiger partial charge is 0.271 e. The Kier molecular flexibility index (Phi) is 5.30. The first-order valence-corrected chi connectivity index (χ1v) is 10.1. The predicted octanol–water partition coefficient (Wildman–Crippen LogP) is 4.50. The van der Waals surface area contributed by atoms with E-state index < -0.39 is 4.92 Å². The van der Waals surface area contributed by atoms with Crippen LogP contribution in [0.5, 0.6) is 0 Å². The van der Waals surface area contributed by atoms with E-state index >= 15 is 0 Å². The molecule has 0 bridgehead atoms. The molecule has 0 saturated heterocycles. The highest BCUT2D eigenvalue weighted by Crippen LogP contribution is 2.29. The van der Waals surface area contributed by atoms with Crippen LogP contribution < -0.4 is 5.32 Å². The molecule has 0 amide bonds. The van der Waals surface area contributed by atoms with Gasteiger partial charge in [0.15, 0.2) is 0 Å². The van der Waals surface area contributed by atoms with Crippen molar-refractivity contribution in [2.24, 2.45) is 0 Å². The van der Waals surface area contributed by atoms with E-state index in [1.54, 1.807) is 18.3 Å². The van der Waals surface area contributed by atoms with Crippen LogP contribution in [-0.4, -0.2) is 30.1 Å². The summed E-state index contributed by atoms with van der Waals surface area (Å²) in [4.78, 5) is 10.6. The van der Waals surface area contributed by atoms with Crippen molar-refractivity contribution in [2.45, 2.75) is 6.54 Å². The lowest BCUT2D eigenvalue weighted by atomic mass is 10.1. The number of benzene rings is 3. The number of aromatic nitrogens is 5. The minimum Gasteiger partial charge on any atom is -0.416 e. The van der Waals surface area contributed by atoms with Gasteiger partial charge in [-0.2, -0.15) is 0 Å². The lowest BCUT2D eigenvalue weighted by Gasteiger charge is -2.08. The number of rotatable bonds is 7. The average molecular weight is 439 g/mol. The first-order chi connectivity index (χ1) is 16.2. The van der Waals surface area contributed by atoms with Crippen LogP contribution in [0.15, 0.2) is 89.5 Å². The van der Waals surface area contributed by atoms with Gasteiger partial charge in [-0.25, -0.2) is 4.68 Å². The number of anilines is 1. The summed E-state index contributed by atoms with van der Waals surface area (Å²) in [6.07, 6.45) is 1.72. The number of nitrogens with zero attached hydrogens (tertiary/aromatic N) is 6. The largest absolute Gasteiger partial charge is 0.416 e. The second-order valence-corrected chi connectivity index (χ2v) is 7.11. The van der Waals surface area contributed by atoms with Crippen molar-refractivity contribution < 1.29 is 9.34 Å². The fourth-order valence-corrected chi connectivity index (χ4v) is 3.29. The first-order valence-electron chi connectivity index (χ1n) is 10.1. The molecule has 3 aromatic carbocycles. The van der Waals surface area contributed by atoms with Crippen LogP contribution in [0.4, 0.5) is 11.4 Å². The van der Waals surface area contributed by atoms with Crippen LogP contribution >= 0.6 is 0 Å². The van der Waals surface area contributed by atoms with Gasteiger partial charge in [-0.3, -0.25) is 10.1 Å². The molecule has 0 unspecified atom stereocenters. The van der Waals surface area contributed by atoms with Gasteiger partial charge in [-0.15, -0.1) is 15.3 Å². The molecule has 0 radical (unpaired) electrons. The number of nitro groups is 1. The molecule has 2 heterocycles. The van der Waals surface area contributed by atoms with Gasteiger partial charge in [0, 0.05) is 23.4 Å². The van der Waals surface area contributed by atoms with Gasteiger partial charge in [-0.05, 0) is 30.3 Å². The van der Waals surface area contributed by atoms with Crippen molar-refractivity contribution in [2.75, 3.05) is 5.32 Å². The zero-order valence-corrected chi connectivity index (χ0v) is 17.2. The zero-order chi connectivity index (χ0) is 22.6. The Morgan fingerprint density at radius 1 is 0.909 bits per heavy atom. The fourth-order valence-electron chi connectivity index (χ4n) is 3.29. The first kappa shape index (κ1) is 20.1. The number of nitro benzene ring substituents is 1. The van der Waals surface area contributed by atoms with Gasteiger partial charge in [0.1, 0.15) is 5.69 Å². The molecule has 33 heavy (non-hydrogen) atoms. The molecular weight excluding hydrogens is 422 g/mol. The second kappa shape index (κ2) is 8.71. The van der Waals surface area contributed by atoms with Gasteiger partial charge in [0.25, 0.3) is 5.69 Å². The van der Waals surface area contributed by atoms with Crippen molar-refractivity contribution in [3.63, 3.8) is 0 Å². The number of non-ortho nitro benzene ring substituents is 1. The van der Waals surface area contributed by atoms with E-state index in [1.807, 2.05) is 54.6 Å². The second-order valence-electron chi connectivity index (χ2n) is 7.11. The molecule has 0 aliphatic heterocycles. The number of para-hydroxylation sites is 1. The molecule has 0 aliphatic carbocycles. The van der Waals surface area contributed by atoms with Gasteiger partial charge >= 0.3 is 0 Å². The monoisotopic (exact) mass is 439 g/mol. The minimum atomic E-state index is -0.444. The summed E-state index contributed by atoms with van der Waals surface area (Å²) in [7, 11) is 0. The van der Waals surface area contributed by atoms with Crippen molar-refractivity contribution in [3.05, 3.63) is 101 Å². The molecular formula is C23H17N7O3. The molecule has 0 fully saturated rings. The highest BCUT2D eigenvalue weighted by Gasteiger charge is 2.14. The van der Waals surface area contributed by atoms with E-state index in [0.29, 0.717) is 29.7 Å². The van der Waals surface area contributed by atoms with E-state index in [-0.39, 0.29) is 5.69 Å². The van der Waals surface area contributed by atoms with E-state index in [2.05, 4.69) is 25.8 Å². The van der Waals surface area contributed by atoms with Crippen molar-refractivity contribution >= 4 is 11.4 Å². The van der Waals surface area contributed by atoms with E-state index in [4.69, 9.17) is 4.42 Å². The molecule has 5 rings (SSSR count). The third-order valence-corrected chi connectivity index (χ3v) is 4.91. The normalized spacial score (nSPS) is 10.8. The Morgan fingerprint density at radius 2 is 1.70 bits per heavy atom. The van der Waals surface area contributed by atoms with Crippen molar-refractivity contribution in [1.29, 1.82) is 0 Å². The molecule has 0 spiro atoms. The molecule has 162 valence electrons. The van der Waals surface area contributed by atoms with E-state index in [1.165, 1.54) is 16.8 Å². The van der Waals surface area contributed by atoms with Crippen molar-refractivity contribution in [3.8, 4) is 28.6 Å². The number of hydrogen-bond donors (Lipinski definition) is 1. The lowest BCUT2D eigenvalue weighted by Crippen LogP contribution is -2.01. The Hall–Kier alpha value is -4.86. The summed E-state index contributed by atoms with van der Waals surface area (Å²) < 4.78 is 7.39. The van der Waals surface area contributed by atoms with Crippen LogP contribution in [0.3, 0.4) is 0 Å². The third kappa shape index (κ3) is 4.30. The van der Waals surface area contributed by atoms with Crippen molar-refractivity contribution in [1.82, 2.24) is 25.2 Å². The average Bonchev–Trinajstić information content (AvgIpc) is 3.54. The molecule has 2 aromatic heterocycles. The molecule has 10 heteroatoms. The minimum absolute atomic E-state index is 0.00830. The molecule has 5 aromatic rings. The third-order valence-electron chi connectivity index (χ3n) is 4.91. The van der Waals surface area contributed by atoms with Crippen LogP contribution in [0.25, 0.3) is 28.6 Å². The predicted molar refractivity (Wildman–Crippen MR) is 121 cm³/mol. The summed E-state index contributed by atoms with van der Waals surface area (Å²) in [5, 5.41) is 30.9. The van der Waals surface area contributed by atoms with E-state index in [0.717, 1.165) is 16.8 Å². The van der Waals surface area contributed by atoms with Crippen LogP contribution in [-0.2, 0) is 6.54 Å². The highest BCUT2D eigenvalue weighted by atomic mass is 16.6. The zero-order valence-electron chi connectivity index (χ0n) is 17.2. The van der Waals surface area contributed by atoms with Crippen LogP contribution in [0.1, 0.15) is 5.69 Å². The lowest BCUT2D eigenvalue weighted by molar-refractivity contribution is -0.384. The summed E-state index contributed by atoms with van der Waals surface area (Å²) >= 11 is 0. The number of hydrogen-bond acceptors (Lipinski definition) is 8. The maximum atomic E-state index is 11.0. The summed E-state index contributed by atoms with van der Waals surface area (Å²) in [6.45, 7) is 0.381. The maximum absolute atomic E-state index is 11.0. The summed E-state index contributed by atoms with van der Waals surface area (Å²) in [5.41, 5.74) is 3.61. The fraction of sp³-hybridized carbons (Fsp3) is 0.0435. The molecule has 10 nitrogen and oxygen atoms in total. The summed E-state index contributed by atoms with van der Waals surface area (Å²) in [6, 6.07) is 23.4.